The highest BCUT2D eigenvalue weighted by Gasteiger charge is 2.30. The monoisotopic (exact) mass is 441 g/mol. The smallest absolute Gasteiger partial charge is 0.241 e. The summed E-state index contributed by atoms with van der Waals surface area (Å²) in [7, 11) is -3.82. The number of nitrogens with one attached hydrogen (secondary N) is 1. The number of hydrogen-bond acceptors (Lipinski definition) is 4. The van der Waals surface area contributed by atoms with Crippen molar-refractivity contribution >= 4 is 33.4 Å². The average molecular weight is 442 g/mol. The van der Waals surface area contributed by atoms with E-state index in [0.717, 1.165) is 12.8 Å². The zero-order valence-electron chi connectivity index (χ0n) is 16.6. The van der Waals surface area contributed by atoms with Crippen molar-refractivity contribution in [3.63, 3.8) is 0 Å². The molecule has 2 aliphatic rings. The van der Waals surface area contributed by atoms with Crippen molar-refractivity contribution in [3.8, 4) is 0 Å². The first-order chi connectivity index (χ1) is 13.8. The van der Waals surface area contributed by atoms with Gasteiger partial charge in [0.25, 0.3) is 0 Å². The maximum atomic E-state index is 12.7. The SMILES string of the molecule is C[C@H](NS(=O)(=O)c1ccc(Cl)cc1)C(=O)N1CCN(C(=O)CC2CCCC2)CC1. The molecule has 9 heteroatoms. The summed E-state index contributed by atoms with van der Waals surface area (Å²) in [6.07, 6.45) is 5.30. The quantitative estimate of drug-likeness (QED) is 0.733. The molecule has 1 N–H and O–H groups in total. The van der Waals surface area contributed by atoms with Crippen molar-refractivity contribution in [3.05, 3.63) is 29.3 Å². The van der Waals surface area contributed by atoms with Gasteiger partial charge in [-0.05, 0) is 49.9 Å². The Labute approximate surface area is 177 Å². The molecule has 1 saturated carbocycles. The number of sulfonamides is 1. The second kappa shape index (κ2) is 9.45. The van der Waals surface area contributed by atoms with Crippen LogP contribution in [-0.4, -0.2) is 62.3 Å². The molecule has 160 valence electrons. The molecule has 7 nitrogen and oxygen atoms in total. The number of amides is 2. The molecule has 1 atom stereocenters. The predicted octanol–water partition coefficient (Wildman–Crippen LogP) is 2.26. The van der Waals surface area contributed by atoms with Crippen molar-refractivity contribution in [1.82, 2.24) is 14.5 Å². The van der Waals surface area contributed by atoms with Crippen LogP contribution >= 0.6 is 11.6 Å². The summed E-state index contributed by atoms with van der Waals surface area (Å²) in [5, 5.41) is 0.438. The summed E-state index contributed by atoms with van der Waals surface area (Å²) in [6, 6.07) is 4.89. The van der Waals surface area contributed by atoms with Crippen molar-refractivity contribution in [1.29, 1.82) is 0 Å². The lowest BCUT2D eigenvalue weighted by Crippen LogP contribution is -2.55. The summed E-state index contributed by atoms with van der Waals surface area (Å²) in [5.41, 5.74) is 0. The number of carbonyl (C=O) groups is 2. The van der Waals surface area contributed by atoms with Gasteiger partial charge in [-0.25, -0.2) is 8.42 Å². The van der Waals surface area contributed by atoms with Gasteiger partial charge in [-0.2, -0.15) is 4.72 Å². The summed E-state index contributed by atoms with van der Waals surface area (Å²) in [5.74, 6) is 0.385. The fourth-order valence-electron chi connectivity index (χ4n) is 4.01. The molecule has 0 bridgehead atoms. The maximum Gasteiger partial charge on any atom is 0.241 e. The third-order valence-corrected chi connectivity index (χ3v) is 7.52. The Morgan fingerprint density at radius 3 is 2.21 bits per heavy atom. The molecule has 1 saturated heterocycles. The van der Waals surface area contributed by atoms with Crippen LogP contribution in [0.25, 0.3) is 0 Å². The van der Waals surface area contributed by atoms with Gasteiger partial charge in [-0.15, -0.1) is 0 Å². The van der Waals surface area contributed by atoms with E-state index in [1.54, 1.807) is 4.90 Å². The van der Waals surface area contributed by atoms with Crippen LogP contribution in [0.1, 0.15) is 39.0 Å². The lowest BCUT2D eigenvalue weighted by Gasteiger charge is -2.36. The molecule has 3 rings (SSSR count). The highest BCUT2D eigenvalue weighted by molar-refractivity contribution is 7.89. The highest BCUT2D eigenvalue weighted by Crippen LogP contribution is 2.28. The van der Waals surface area contributed by atoms with Gasteiger partial charge >= 0.3 is 0 Å². The minimum Gasteiger partial charge on any atom is -0.339 e. The largest absolute Gasteiger partial charge is 0.339 e. The Balaban J connectivity index is 1.50. The summed E-state index contributed by atoms with van der Waals surface area (Å²) < 4.78 is 27.4. The summed E-state index contributed by atoms with van der Waals surface area (Å²) in [6.45, 7) is 3.36. The van der Waals surface area contributed by atoms with Crippen LogP contribution in [0, 0.1) is 5.92 Å². The molecule has 0 radical (unpaired) electrons. The molecule has 1 aliphatic heterocycles. The molecule has 1 heterocycles. The second-order valence-electron chi connectivity index (χ2n) is 7.86. The van der Waals surface area contributed by atoms with Gasteiger partial charge in [-0.1, -0.05) is 24.4 Å². The minimum absolute atomic E-state index is 0.0591. The van der Waals surface area contributed by atoms with Crippen LogP contribution in [-0.2, 0) is 19.6 Å². The van der Waals surface area contributed by atoms with Gasteiger partial charge in [0.05, 0.1) is 10.9 Å². The Bertz CT molecular complexity index is 830. The zero-order chi connectivity index (χ0) is 21.0. The second-order valence-corrected chi connectivity index (χ2v) is 10.0. The van der Waals surface area contributed by atoms with E-state index in [2.05, 4.69) is 4.72 Å². The van der Waals surface area contributed by atoms with E-state index in [-0.39, 0.29) is 16.7 Å². The van der Waals surface area contributed by atoms with Gasteiger partial charge in [-0.3, -0.25) is 9.59 Å². The van der Waals surface area contributed by atoms with Gasteiger partial charge < -0.3 is 9.80 Å². The molecule has 29 heavy (non-hydrogen) atoms. The van der Waals surface area contributed by atoms with Crippen molar-refractivity contribution in [2.24, 2.45) is 5.92 Å². The number of halogens is 1. The topological polar surface area (TPSA) is 86.8 Å². The van der Waals surface area contributed by atoms with E-state index in [1.165, 1.54) is 44.0 Å². The van der Waals surface area contributed by atoms with Crippen LogP contribution in [0.5, 0.6) is 0 Å². The molecule has 0 spiro atoms. The van der Waals surface area contributed by atoms with Crippen LogP contribution in [0.4, 0.5) is 0 Å². The molecule has 1 aromatic rings. The van der Waals surface area contributed by atoms with Crippen molar-refractivity contribution in [2.45, 2.75) is 50.0 Å². The van der Waals surface area contributed by atoms with Gasteiger partial charge in [0.1, 0.15) is 0 Å². The minimum atomic E-state index is -3.82. The van der Waals surface area contributed by atoms with E-state index in [4.69, 9.17) is 11.6 Å². The van der Waals surface area contributed by atoms with Crippen LogP contribution < -0.4 is 4.72 Å². The molecular weight excluding hydrogens is 414 g/mol. The Hall–Kier alpha value is -1.64. The summed E-state index contributed by atoms with van der Waals surface area (Å²) in [4.78, 5) is 28.6. The van der Waals surface area contributed by atoms with Crippen LogP contribution in [0.15, 0.2) is 29.2 Å². The third-order valence-electron chi connectivity index (χ3n) is 5.71. The fraction of sp³-hybridized carbons (Fsp3) is 0.600. The zero-order valence-corrected chi connectivity index (χ0v) is 18.2. The Morgan fingerprint density at radius 1 is 1.07 bits per heavy atom. The molecule has 1 aliphatic carbocycles. The standard InChI is InChI=1S/C20H28ClN3O4S/c1-15(22-29(27,28)18-8-6-17(21)7-9-18)20(26)24-12-10-23(11-13-24)19(25)14-16-4-2-3-5-16/h6-9,15-16,22H,2-5,10-14H2,1H3/t15-/m0/s1. The fourth-order valence-corrected chi connectivity index (χ4v) is 5.33. The lowest BCUT2D eigenvalue weighted by molar-refractivity contribution is -0.140. The van der Waals surface area contributed by atoms with Gasteiger partial charge in [0, 0.05) is 37.6 Å². The van der Waals surface area contributed by atoms with Crippen LogP contribution in [0.3, 0.4) is 0 Å². The normalized spacial score (nSPS) is 19.4. The molecular formula is C20H28ClN3O4S. The Kier molecular flexibility index (Phi) is 7.19. The van der Waals surface area contributed by atoms with E-state index < -0.39 is 16.1 Å². The van der Waals surface area contributed by atoms with Crippen LogP contribution in [0.2, 0.25) is 5.02 Å². The number of nitrogens with zero attached hydrogens (tertiary/aromatic N) is 2. The van der Waals surface area contributed by atoms with Gasteiger partial charge in [0.15, 0.2) is 0 Å². The number of carbonyl (C=O) groups excluding carboxylic acids is 2. The number of rotatable bonds is 6. The maximum absolute atomic E-state index is 12.7. The third kappa shape index (κ3) is 5.71. The van der Waals surface area contributed by atoms with E-state index in [0.29, 0.717) is 43.5 Å². The molecule has 0 aromatic heterocycles. The van der Waals surface area contributed by atoms with E-state index >= 15 is 0 Å². The van der Waals surface area contributed by atoms with Crippen molar-refractivity contribution in [2.75, 3.05) is 26.2 Å². The number of benzene rings is 1. The molecule has 0 unspecified atom stereocenters. The average Bonchev–Trinajstić information content (AvgIpc) is 3.20. The first-order valence-electron chi connectivity index (χ1n) is 10.1. The molecule has 1 aromatic carbocycles. The number of hydrogen-bond donors (Lipinski definition) is 1. The van der Waals surface area contributed by atoms with Gasteiger partial charge in [0.2, 0.25) is 21.8 Å². The lowest BCUT2D eigenvalue weighted by atomic mass is 10.0. The summed E-state index contributed by atoms with van der Waals surface area (Å²) >= 11 is 5.80. The van der Waals surface area contributed by atoms with E-state index in [9.17, 15) is 18.0 Å². The molecule has 2 fully saturated rings. The first kappa shape index (κ1) is 22.1. The molecule has 2 amide bonds. The van der Waals surface area contributed by atoms with Crippen molar-refractivity contribution < 1.29 is 18.0 Å². The first-order valence-corrected chi connectivity index (χ1v) is 12.0. The van der Waals surface area contributed by atoms with E-state index in [1.807, 2.05) is 4.90 Å². The highest BCUT2D eigenvalue weighted by atomic mass is 35.5. The number of piperazine rings is 1. The predicted molar refractivity (Wildman–Crippen MR) is 111 cm³/mol. The Morgan fingerprint density at radius 2 is 1.62 bits per heavy atom.